The summed E-state index contributed by atoms with van der Waals surface area (Å²) in [6.45, 7) is 3.98. The van der Waals surface area contributed by atoms with Gasteiger partial charge in [-0.3, -0.25) is 9.88 Å². The van der Waals surface area contributed by atoms with Crippen LogP contribution in [-0.4, -0.2) is 73.4 Å². The van der Waals surface area contributed by atoms with Crippen molar-refractivity contribution in [2.45, 2.75) is 19.5 Å². The largest absolute Gasteiger partial charge is 0.453 e. The van der Waals surface area contributed by atoms with Gasteiger partial charge in [-0.2, -0.15) is 0 Å². The number of halogens is 1. The van der Waals surface area contributed by atoms with Crippen LogP contribution >= 0.6 is 0 Å². The zero-order valence-electron chi connectivity index (χ0n) is 18.4. The van der Waals surface area contributed by atoms with Crippen molar-refractivity contribution in [2.75, 3.05) is 51.1 Å². The van der Waals surface area contributed by atoms with Crippen LogP contribution in [0.5, 0.6) is 0 Å². The molecule has 1 aliphatic rings. The monoisotopic (exact) mass is 445 g/mol. The molecule has 0 aliphatic carbocycles. The summed E-state index contributed by atoms with van der Waals surface area (Å²) in [7, 11) is 2.93. The Balaban J connectivity index is 1.67. The van der Waals surface area contributed by atoms with Crippen LogP contribution in [0.1, 0.15) is 11.3 Å². The van der Waals surface area contributed by atoms with Crippen molar-refractivity contribution in [3.05, 3.63) is 53.6 Å². The smallest absolute Gasteiger partial charge is 0.409 e. The molecule has 1 fully saturated rings. The number of carbonyl (C=O) groups is 2. The Morgan fingerprint density at radius 3 is 2.69 bits per heavy atom. The molecule has 0 radical (unpaired) electrons. The molecule has 2 heterocycles. The van der Waals surface area contributed by atoms with Crippen LogP contribution in [0.25, 0.3) is 0 Å². The lowest BCUT2D eigenvalue weighted by molar-refractivity contribution is 0.0193. The molecular weight excluding hydrogens is 417 g/mol. The number of piperazine rings is 1. The molecular formula is C22H28FN5O4. The van der Waals surface area contributed by atoms with E-state index in [1.54, 1.807) is 36.3 Å². The molecule has 9 nitrogen and oxygen atoms in total. The van der Waals surface area contributed by atoms with Gasteiger partial charge in [0.15, 0.2) is 5.82 Å². The maximum Gasteiger partial charge on any atom is 0.409 e. The molecule has 2 aromatic rings. The lowest BCUT2D eigenvalue weighted by Crippen LogP contribution is -2.55. The van der Waals surface area contributed by atoms with Crippen molar-refractivity contribution in [3.8, 4) is 0 Å². The van der Waals surface area contributed by atoms with E-state index in [0.717, 1.165) is 5.69 Å². The van der Waals surface area contributed by atoms with E-state index in [-0.39, 0.29) is 11.7 Å². The third-order valence-corrected chi connectivity index (χ3v) is 5.27. The summed E-state index contributed by atoms with van der Waals surface area (Å²) in [6.07, 6.45) is 1.14. The number of ether oxygens (including phenoxy) is 2. The summed E-state index contributed by atoms with van der Waals surface area (Å²) < 4.78 is 25.3. The number of hydrogen-bond donors (Lipinski definition) is 2. The molecule has 2 N–H and O–H groups in total. The molecule has 3 rings (SSSR count). The fourth-order valence-corrected chi connectivity index (χ4v) is 3.59. The van der Waals surface area contributed by atoms with Gasteiger partial charge in [-0.15, -0.1) is 0 Å². The molecule has 1 aromatic carbocycles. The lowest BCUT2D eigenvalue weighted by atomic mass is 10.1. The number of aryl methyl sites for hydroxylation is 1. The van der Waals surface area contributed by atoms with Crippen LogP contribution in [0.4, 0.5) is 25.4 Å². The lowest BCUT2D eigenvalue weighted by Gasteiger charge is -2.40. The Kier molecular flexibility index (Phi) is 7.96. The Labute approximate surface area is 186 Å². The number of anilines is 2. The highest BCUT2D eigenvalue weighted by Gasteiger charge is 2.30. The summed E-state index contributed by atoms with van der Waals surface area (Å²) in [6, 6.07) is 7.70. The average molecular weight is 445 g/mol. The summed E-state index contributed by atoms with van der Waals surface area (Å²) in [5, 5.41) is 5.19. The predicted molar refractivity (Wildman–Crippen MR) is 118 cm³/mol. The fourth-order valence-electron chi connectivity index (χ4n) is 3.59. The Morgan fingerprint density at radius 2 is 2.00 bits per heavy atom. The fraction of sp³-hybridized carbons (Fsp3) is 0.409. The van der Waals surface area contributed by atoms with Gasteiger partial charge in [-0.25, -0.2) is 14.0 Å². The van der Waals surface area contributed by atoms with Crippen molar-refractivity contribution >= 4 is 23.5 Å². The molecule has 10 heteroatoms. The first kappa shape index (κ1) is 23.4. The van der Waals surface area contributed by atoms with E-state index in [1.165, 1.54) is 19.4 Å². The number of aromatic nitrogens is 1. The van der Waals surface area contributed by atoms with Gasteiger partial charge in [-0.1, -0.05) is 12.1 Å². The van der Waals surface area contributed by atoms with Gasteiger partial charge in [0, 0.05) is 44.5 Å². The van der Waals surface area contributed by atoms with Crippen molar-refractivity contribution < 1.29 is 23.5 Å². The van der Waals surface area contributed by atoms with Crippen LogP contribution < -0.4 is 10.6 Å². The number of benzene rings is 1. The quantitative estimate of drug-likeness (QED) is 0.710. The second kappa shape index (κ2) is 10.9. The van der Waals surface area contributed by atoms with E-state index in [9.17, 15) is 9.59 Å². The zero-order valence-corrected chi connectivity index (χ0v) is 18.4. The van der Waals surface area contributed by atoms with E-state index in [1.807, 2.05) is 6.92 Å². The van der Waals surface area contributed by atoms with Gasteiger partial charge in [0.1, 0.15) is 0 Å². The molecule has 0 bridgehead atoms. The van der Waals surface area contributed by atoms with Crippen molar-refractivity contribution in [1.29, 1.82) is 0 Å². The summed E-state index contributed by atoms with van der Waals surface area (Å²) in [4.78, 5) is 31.9. The number of pyridine rings is 1. The number of rotatable bonds is 6. The number of urea groups is 1. The second-order valence-electron chi connectivity index (χ2n) is 7.54. The zero-order chi connectivity index (χ0) is 23.1. The van der Waals surface area contributed by atoms with Gasteiger partial charge in [0.05, 0.1) is 37.3 Å². The molecule has 3 amide bonds. The molecule has 1 atom stereocenters. The molecule has 1 aromatic heterocycles. The molecule has 0 spiro atoms. The van der Waals surface area contributed by atoms with E-state index in [0.29, 0.717) is 44.0 Å². The van der Waals surface area contributed by atoms with Crippen LogP contribution in [0.3, 0.4) is 0 Å². The maximum absolute atomic E-state index is 15.2. The maximum atomic E-state index is 15.2. The van der Waals surface area contributed by atoms with Crippen LogP contribution in [0, 0.1) is 12.7 Å². The number of nitrogens with zero attached hydrogens (tertiary/aromatic N) is 3. The Morgan fingerprint density at radius 1 is 1.19 bits per heavy atom. The highest BCUT2D eigenvalue weighted by atomic mass is 19.1. The average Bonchev–Trinajstić information content (AvgIpc) is 2.78. The number of nitrogens with one attached hydrogen (secondary N) is 2. The Bertz CT molecular complexity index is 940. The van der Waals surface area contributed by atoms with Gasteiger partial charge >= 0.3 is 12.1 Å². The highest BCUT2D eigenvalue weighted by Crippen LogP contribution is 2.22. The highest BCUT2D eigenvalue weighted by molar-refractivity contribution is 5.99. The molecule has 1 saturated heterocycles. The topological polar surface area (TPSA) is 96.0 Å². The first-order valence-electron chi connectivity index (χ1n) is 10.2. The van der Waals surface area contributed by atoms with Crippen molar-refractivity contribution in [1.82, 2.24) is 14.8 Å². The first-order chi connectivity index (χ1) is 15.4. The number of carbonyl (C=O) groups excluding carboxylic acids is 2. The van der Waals surface area contributed by atoms with E-state index in [2.05, 4.69) is 20.5 Å². The minimum absolute atomic E-state index is 0.0801. The molecule has 172 valence electrons. The van der Waals surface area contributed by atoms with Gasteiger partial charge < -0.3 is 25.0 Å². The minimum Gasteiger partial charge on any atom is -0.453 e. The molecule has 32 heavy (non-hydrogen) atoms. The third kappa shape index (κ3) is 5.92. The summed E-state index contributed by atoms with van der Waals surface area (Å²) in [5.74, 6) is -0.503. The van der Waals surface area contributed by atoms with Gasteiger partial charge in [-0.05, 0) is 25.1 Å². The number of hydrogen-bond acceptors (Lipinski definition) is 6. The van der Waals surface area contributed by atoms with Crippen molar-refractivity contribution in [3.63, 3.8) is 0 Å². The normalized spacial score (nSPS) is 16.5. The van der Waals surface area contributed by atoms with Crippen LogP contribution in [0.2, 0.25) is 0 Å². The van der Waals surface area contributed by atoms with E-state index >= 15 is 4.39 Å². The van der Waals surface area contributed by atoms with Crippen LogP contribution in [0.15, 0.2) is 36.5 Å². The first-order valence-corrected chi connectivity index (χ1v) is 10.2. The molecule has 1 aliphatic heterocycles. The molecule has 0 unspecified atom stereocenters. The predicted octanol–water partition coefficient (Wildman–Crippen LogP) is 3.07. The third-order valence-electron chi connectivity index (χ3n) is 5.27. The van der Waals surface area contributed by atoms with E-state index in [4.69, 9.17) is 9.47 Å². The standard InChI is InChI=1S/C22H28FN5O4/c1-15-7-8-17(11-24-15)25-21(29)26-19-6-4-5-16(20(19)23)12-27-9-10-28(22(30)32-3)13-18(27)14-31-2/h4-8,11,18H,9-10,12-14H2,1-3H3,(H2,25,26,29)/t18-/m1/s1. The SMILES string of the molecule is COC[C@H]1CN(C(=O)OC)CCN1Cc1cccc(NC(=O)Nc2ccc(C)nc2)c1F. The number of amides is 3. The minimum atomic E-state index is -0.560. The summed E-state index contributed by atoms with van der Waals surface area (Å²) in [5.41, 5.74) is 1.86. The van der Waals surface area contributed by atoms with Crippen molar-refractivity contribution in [2.24, 2.45) is 0 Å². The number of methoxy groups -OCH3 is 2. The van der Waals surface area contributed by atoms with Gasteiger partial charge in [0.2, 0.25) is 0 Å². The van der Waals surface area contributed by atoms with Crippen LogP contribution in [-0.2, 0) is 16.0 Å². The second-order valence-corrected chi connectivity index (χ2v) is 7.54. The Hall–Kier alpha value is -3.24. The van der Waals surface area contributed by atoms with E-state index < -0.39 is 17.9 Å². The van der Waals surface area contributed by atoms with Gasteiger partial charge in [0.25, 0.3) is 0 Å². The molecule has 0 saturated carbocycles. The summed E-state index contributed by atoms with van der Waals surface area (Å²) >= 11 is 0.